The van der Waals surface area contributed by atoms with E-state index in [4.69, 9.17) is 5.73 Å². The molecule has 3 nitrogen and oxygen atoms in total. The maximum absolute atomic E-state index is 6.20. The lowest BCUT2D eigenvalue weighted by molar-refractivity contribution is 0.811. The standard InChI is InChI=1S/C13H15N3/c1-9-4-3-5-11(10(9)2)13(14)12-6-7-15-8-16-12/h3-8,13H,14H2,1-2H3. The second-order valence-electron chi connectivity index (χ2n) is 3.90. The molecule has 0 fully saturated rings. The van der Waals surface area contributed by atoms with E-state index < -0.39 is 0 Å². The third-order valence-corrected chi connectivity index (χ3v) is 2.91. The van der Waals surface area contributed by atoms with Crippen molar-refractivity contribution in [2.75, 3.05) is 0 Å². The highest BCUT2D eigenvalue weighted by Gasteiger charge is 2.12. The molecule has 0 amide bonds. The van der Waals surface area contributed by atoms with Crippen molar-refractivity contribution in [2.45, 2.75) is 19.9 Å². The van der Waals surface area contributed by atoms with Crippen LogP contribution in [-0.2, 0) is 0 Å². The van der Waals surface area contributed by atoms with Crippen molar-refractivity contribution in [3.05, 3.63) is 59.2 Å². The van der Waals surface area contributed by atoms with E-state index in [-0.39, 0.29) is 6.04 Å². The SMILES string of the molecule is Cc1cccc(C(N)c2ccncn2)c1C. The van der Waals surface area contributed by atoms with Crippen LogP contribution in [0.4, 0.5) is 0 Å². The number of benzene rings is 1. The van der Waals surface area contributed by atoms with Crippen LogP contribution < -0.4 is 5.73 Å². The minimum absolute atomic E-state index is 0.178. The molecule has 16 heavy (non-hydrogen) atoms. The van der Waals surface area contributed by atoms with Gasteiger partial charge in [-0.15, -0.1) is 0 Å². The number of rotatable bonds is 2. The Labute approximate surface area is 95.4 Å². The summed E-state index contributed by atoms with van der Waals surface area (Å²) in [6, 6.07) is 7.84. The third kappa shape index (κ3) is 1.95. The molecule has 3 heteroatoms. The summed E-state index contributed by atoms with van der Waals surface area (Å²) < 4.78 is 0. The summed E-state index contributed by atoms with van der Waals surface area (Å²) >= 11 is 0. The highest BCUT2D eigenvalue weighted by molar-refractivity contribution is 5.38. The molecule has 1 aromatic heterocycles. The fourth-order valence-corrected chi connectivity index (χ4v) is 1.75. The van der Waals surface area contributed by atoms with Crippen molar-refractivity contribution in [3.8, 4) is 0 Å². The topological polar surface area (TPSA) is 51.8 Å². The van der Waals surface area contributed by atoms with E-state index in [2.05, 4.69) is 35.9 Å². The van der Waals surface area contributed by atoms with Crippen molar-refractivity contribution >= 4 is 0 Å². The monoisotopic (exact) mass is 213 g/mol. The van der Waals surface area contributed by atoms with E-state index in [9.17, 15) is 0 Å². The normalized spacial score (nSPS) is 12.4. The van der Waals surface area contributed by atoms with Crippen molar-refractivity contribution in [3.63, 3.8) is 0 Å². The Morgan fingerprint density at radius 3 is 2.69 bits per heavy atom. The molecule has 1 aromatic carbocycles. The van der Waals surface area contributed by atoms with Gasteiger partial charge in [0.2, 0.25) is 0 Å². The Balaban J connectivity index is 2.42. The van der Waals surface area contributed by atoms with E-state index in [0.717, 1.165) is 11.3 Å². The van der Waals surface area contributed by atoms with Gasteiger partial charge in [-0.1, -0.05) is 18.2 Å². The Morgan fingerprint density at radius 2 is 2.00 bits per heavy atom. The molecule has 1 atom stereocenters. The maximum Gasteiger partial charge on any atom is 0.115 e. The van der Waals surface area contributed by atoms with Crippen molar-refractivity contribution < 1.29 is 0 Å². The Morgan fingerprint density at radius 1 is 1.19 bits per heavy atom. The fraction of sp³-hybridized carbons (Fsp3) is 0.231. The van der Waals surface area contributed by atoms with Gasteiger partial charge in [-0.05, 0) is 36.6 Å². The molecule has 2 rings (SSSR count). The minimum atomic E-state index is -0.178. The van der Waals surface area contributed by atoms with Crippen LogP contribution in [0.5, 0.6) is 0 Å². The van der Waals surface area contributed by atoms with Gasteiger partial charge >= 0.3 is 0 Å². The van der Waals surface area contributed by atoms with E-state index in [0.29, 0.717) is 0 Å². The molecule has 0 aliphatic rings. The lowest BCUT2D eigenvalue weighted by Crippen LogP contribution is -2.15. The molecular formula is C13H15N3. The van der Waals surface area contributed by atoms with Gasteiger partial charge in [-0.25, -0.2) is 9.97 Å². The Kier molecular flexibility index (Phi) is 2.97. The van der Waals surface area contributed by atoms with Crippen LogP contribution in [0.2, 0.25) is 0 Å². The molecule has 2 N–H and O–H groups in total. The summed E-state index contributed by atoms with van der Waals surface area (Å²) in [6.45, 7) is 4.18. The minimum Gasteiger partial charge on any atom is -0.319 e. The molecule has 0 radical (unpaired) electrons. The van der Waals surface area contributed by atoms with E-state index >= 15 is 0 Å². The van der Waals surface area contributed by atoms with Crippen molar-refractivity contribution in [1.82, 2.24) is 9.97 Å². The van der Waals surface area contributed by atoms with Crippen LogP contribution in [0.1, 0.15) is 28.4 Å². The lowest BCUT2D eigenvalue weighted by Gasteiger charge is -2.15. The highest BCUT2D eigenvalue weighted by atomic mass is 14.8. The van der Waals surface area contributed by atoms with Gasteiger partial charge in [0, 0.05) is 6.20 Å². The number of nitrogens with two attached hydrogens (primary N) is 1. The number of hydrogen-bond acceptors (Lipinski definition) is 3. The second kappa shape index (κ2) is 4.41. The summed E-state index contributed by atoms with van der Waals surface area (Å²) in [4.78, 5) is 8.08. The second-order valence-corrected chi connectivity index (χ2v) is 3.90. The largest absolute Gasteiger partial charge is 0.319 e. The molecule has 1 unspecified atom stereocenters. The Bertz CT molecular complexity index is 480. The van der Waals surface area contributed by atoms with E-state index in [1.54, 1.807) is 6.20 Å². The average molecular weight is 213 g/mol. The first-order chi connectivity index (χ1) is 7.70. The van der Waals surface area contributed by atoms with Gasteiger partial charge < -0.3 is 5.73 Å². The van der Waals surface area contributed by atoms with Gasteiger partial charge in [0.1, 0.15) is 6.33 Å². The van der Waals surface area contributed by atoms with Crippen molar-refractivity contribution in [2.24, 2.45) is 5.73 Å². The van der Waals surface area contributed by atoms with Crippen LogP contribution in [0.25, 0.3) is 0 Å². The van der Waals surface area contributed by atoms with Gasteiger partial charge in [0.25, 0.3) is 0 Å². The molecule has 2 aromatic rings. The molecular weight excluding hydrogens is 198 g/mol. The highest BCUT2D eigenvalue weighted by Crippen LogP contribution is 2.22. The fourth-order valence-electron chi connectivity index (χ4n) is 1.75. The first-order valence-electron chi connectivity index (χ1n) is 5.27. The summed E-state index contributed by atoms with van der Waals surface area (Å²) in [6.07, 6.45) is 3.24. The zero-order valence-electron chi connectivity index (χ0n) is 9.51. The molecule has 0 aliphatic heterocycles. The zero-order valence-corrected chi connectivity index (χ0v) is 9.51. The molecule has 0 bridgehead atoms. The Hall–Kier alpha value is -1.74. The maximum atomic E-state index is 6.20. The lowest BCUT2D eigenvalue weighted by atomic mass is 9.96. The zero-order chi connectivity index (χ0) is 11.5. The van der Waals surface area contributed by atoms with E-state index in [1.807, 2.05) is 12.1 Å². The molecule has 0 saturated heterocycles. The van der Waals surface area contributed by atoms with Crippen LogP contribution in [0, 0.1) is 13.8 Å². The quantitative estimate of drug-likeness (QED) is 0.831. The number of nitrogens with zero attached hydrogens (tertiary/aromatic N) is 2. The average Bonchev–Trinajstić information content (AvgIpc) is 2.33. The predicted molar refractivity (Wildman–Crippen MR) is 64.0 cm³/mol. The van der Waals surface area contributed by atoms with Gasteiger partial charge in [-0.3, -0.25) is 0 Å². The van der Waals surface area contributed by atoms with Crippen LogP contribution >= 0.6 is 0 Å². The van der Waals surface area contributed by atoms with Crippen LogP contribution in [-0.4, -0.2) is 9.97 Å². The first-order valence-corrected chi connectivity index (χ1v) is 5.27. The van der Waals surface area contributed by atoms with E-state index in [1.165, 1.54) is 17.5 Å². The van der Waals surface area contributed by atoms with Crippen LogP contribution in [0.15, 0.2) is 36.8 Å². The van der Waals surface area contributed by atoms with Gasteiger partial charge in [0.15, 0.2) is 0 Å². The molecule has 1 heterocycles. The summed E-state index contributed by atoms with van der Waals surface area (Å²) in [5.74, 6) is 0. The summed E-state index contributed by atoms with van der Waals surface area (Å²) in [5, 5.41) is 0. The summed E-state index contributed by atoms with van der Waals surface area (Å²) in [5.41, 5.74) is 10.7. The van der Waals surface area contributed by atoms with Gasteiger partial charge in [-0.2, -0.15) is 0 Å². The van der Waals surface area contributed by atoms with Gasteiger partial charge in [0.05, 0.1) is 11.7 Å². The molecule has 82 valence electrons. The summed E-state index contributed by atoms with van der Waals surface area (Å²) in [7, 11) is 0. The third-order valence-electron chi connectivity index (χ3n) is 2.91. The molecule has 0 aliphatic carbocycles. The molecule has 0 saturated carbocycles. The number of hydrogen-bond donors (Lipinski definition) is 1. The predicted octanol–water partition coefficient (Wildman–Crippen LogP) is 2.14. The van der Waals surface area contributed by atoms with Crippen LogP contribution in [0.3, 0.4) is 0 Å². The first kappa shape index (κ1) is 10.8. The number of aryl methyl sites for hydroxylation is 1. The molecule has 0 spiro atoms. The number of aromatic nitrogens is 2. The van der Waals surface area contributed by atoms with Crippen molar-refractivity contribution in [1.29, 1.82) is 0 Å². The smallest absolute Gasteiger partial charge is 0.115 e.